The molecule has 0 radical (unpaired) electrons. The van der Waals surface area contributed by atoms with E-state index in [0.717, 1.165) is 42.9 Å². The molecule has 2 heterocycles. The van der Waals surface area contributed by atoms with Crippen molar-refractivity contribution < 1.29 is 9.90 Å². The maximum Gasteiger partial charge on any atom is 0.225 e. The number of halogens is 3. The predicted octanol–water partition coefficient (Wildman–Crippen LogP) is 5.63. The molecular weight excluding hydrogens is 469 g/mol. The van der Waals surface area contributed by atoms with Crippen LogP contribution in [0.4, 0.5) is 11.4 Å². The van der Waals surface area contributed by atoms with Crippen molar-refractivity contribution in [2.75, 3.05) is 36.4 Å². The van der Waals surface area contributed by atoms with Crippen LogP contribution in [0.1, 0.15) is 37.8 Å². The van der Waals surface area contributed by atoms with E-state index in [0.29, 0.717) is 34.6 Å². The molecule has 2 aromatic carbocycles. The number of aliphatic hydroxyl groups is 1. The first kappa shape index (κ1) is 23.5. The minimum Gasteiger partial charge on any atom is -0.391 e. The summed E-state index contributed by atoms with van der Waals surface area (Å²) in [6.45, 7) is 4.80. The number of likely N-dealkylation sites (tertiary alicyclic amines) is 1. The molecule has 0 aliphatic carbocycles. The first-order chi connectivity index (χ1) is 15.3. The fourth-order valence-corrected chi connectivity index (χ4v) is 5.31. The Morgan fingerprint density at radius 1 is 1.03 bits per heavy atom. The number of nitrogens with zero attached hydrogens (tertiary/aromatic N) is 2. The molecule has 2 N–H and O–H groups in total. The van der Waals surface area contributed by atoms with Crippen LogP contribution in [0, 0.1) is 5.92 Å². The quantitative estimate of drug-likeness (QED) is 0.563. The highest BCUT2D eigenvalue weighted by Crippen LogP contribution is 2.34. The van der Waals surface area contributed by atoms with E-state index >= 15 is 0 Å². The molecule has 5 nitrogen and oxygen atoms in total. The monoisotopic (exact) mass is 495 g/mol. The number of carbonyl (C=O) groups excluding carboxylic acids is 1. The predicted molar refractivity (Wildman–Crippen MR) is 132 cm³/mol. The largest absolute Gasteiger partial charge is 0.391 e. The summed E-state index contributed by atoms with van der Waals surface area (Å²) >= 11 is 18.9. The molecule has 2 saturated heterocycles. The smallest absolute Gasteiger partial charge is 0.225 e. The fourth-order valence-electron chi connectivity index (χ4n) is 4.57. The lowest BCUT2D eigenvalue weighted by Gasteiger charge is -2.35. The van der Waals surface area contributed by atoms with Crippen molar-refractivity contribution in [3.8, 4) is 0 Å². The number of amides is 1. The zero-order chi connectivity index (χ0) is 22.8. The summed E-state index contributed by atoms with van der Waals surface area (Å²) in [5.41, 5.74) is 2.87. The zero-order valence-corrected chi connectivity index (χ0v) is 20.3. The van der Waals surface area contributed by atoms with Gasteiger partial charge in [-0.1, -0.05) is 40.9 Å². The van der Waals surface area contributed by atoms with Gasteiger partial charge in [-0.05, 0) is 62.1 Å². The van der Waals surface area contributed by atoms with Gasteiger partial charge >= 0.3 is 0 Å². The highest BCUT2D eigenvalue weighted by molar-refractivity contribution is 6.35. The average Bonchev–Trinajstić information content (AvgIpc) is 3.21. The number of benzene rings is 2. The van der Waals surface area contributed by atoms with Crippen LogP contribution >= 0.6 is 34.8 Å². The molecule has 0 bridgehead atoms. The van der Waals surface area contributed by atoms with Crippen molar-refractivity contribution in [1.82, 2.24) is 4.90 Å². The van der Waals surface area contributed by atoms with Crippen LogP contribution in [0.25, 0.3) is 0 Å². The Morgan fingerprint density at radius 3 is 2.44 bits per heavy atom. The Kier molecular flexibility index (Phi) is 7.40. The third kappa shape index (κ3) is 5.28. The molecule has 172 valence electrons. The third-order valence-corrected chi connectivity index (χ3v) is 7.33. The van der Waals surface area contributed by atoms with E-state index in [1.165, 1.54) is 0 Å². The molecule has 0 spiro atoms. The molecule has 2 unspecified atom stereocenters. The van der Waals surface area contributed by atoms with E-state index in [1.54, 1.807) is 6.07 Å². The molecule has 0 saturated carbocycles. The Bertz CT molecular complexity index is 979. The van der Waals surface area contributed by atoms with E-state index in [1.807, 2.05) is 36.1 Å². The van der Waals surface area contributed by atoms with Crippen molar-refractivity contribution in [2.24, 2.45) is 5.92 Å². The van der Waals surface area contributed by atoms with E-state index in [9.17, 15) is 9.90 Å². The van der Waals surface area contributed by atoms with Crippen LogP contribution in [0.3, 0.4) is 0 Å². The van der Waals surface area contributed by atoms with Crippen molar-refractivity contribution in [2.45, 2.75) is 38.3 Å². The number of piperidine rings is 1. The van der Waals surface area contributed by atoms with Crippen molar-refractivity contribution in [3.05, 3.63) is 57.0 Å². The fraction of sp³-hybridized carbons (Fsp3) is 0.458. The first-order valence-corrected chi connectivity index (χ1v) is 12.2. The van der Waals surface area contributed by atoms with Crippen LogP contribution in [0.2, 0.25) is 15.1 Å². The molecule has 1 amide bonds. The topological polar surface area (TPSA) is 55.8 Å². The number of carbonyl (C=O) groups is 1. The van der Waals surface area contributed by atoms with Crippen LogP contribution < -0.4 is 10.2 Å². The summed E-state index contributed by atoms with van der Waals surface area (Å²) in [4.78, 5) is 16.9. The van der Waals surface area contributed by atoms with Gasteiger partial charge in [-0.2, -0.15) is 0 Å². The van der Waals surface area contributed by atoms with Gasteiger partial charge in [0.25, 0.3) is 0 Å². The Hall–Kier alpha value is -1.66. The van der Waals surface area contributed by atoms with Gasteiger partial charge in [0.05, 0.1) is 22.9 Å². The SMILES string of the molecule is CC(Nc1cc(N2CCC(C(=O)N3CCC(O)C3)CC2)ccc1Cl)c1ccc(Cl)cc1Cl. The second-order valence-corrected chi connectivity index (χ2v) is 9.93. The van der Waals surface area contributed by atoms with E-state index in [2.05, 4.69) is 16.3 Å². The second-order valence-electron chi connectivity index (χ2n) is 8.68. The van der Waals surface area contributed by atoms with Gasteiger partial charge in [-0.15, -0.1) is 0 Å². The summed E-state index contributed by atoms with van der Waals surface area (Å²) < 4.78 is 0. The number of aliphatic hydroxyl groups excluding tert-OH is 1. The minimum atomic E-state index is -0.371. The van der Waals surface area contributed by atoms with Crippen LogP contribution in [-0.4, -0.2) is 48.2 Å². The van der Waals surface area contributed by atoms with Crippen molar-refractivity contribution in [1.29, 1.82) is 0 Å². The molecule has 0 aromatic heterocycles. The minimum absolute atomic E-state index is 0.0357. The lowest BCUT2D eigenvalue weighted by atomic mass is 9.95. The molecule has 2 atom stereocenters. The molecular formula is C24H28Cl3N3O2. The summed E-state index contributed by atoms with van der Waals surface area (Å²) in [5, 5.41) is 15.0. The van der Waals surface area contributed by atoms with Gasteiger partial charge in [0, 0.05) is 47.8 Å². The van der Waals surface area contributed by atoms with Gasteiger partial charge in [-0.25, -0.2) is 0 Å². The van der Waals surface area contributed by atoms with Gasteiger partial charge in [0.2, 0.25) is 5.91 Å². The van der Waals surface area contributed by atoms with Crippen LogP contribution in [0.5, 0.6) is 0 Å². The summed E-state index contributed by atoms with van der Waals surface area (Å²) in [6.07, 6.45) is 1.94. The first-order valence-electron chi connectivity index (χ1n) is 11.0. The molecule has 8 heteroatoms. The van der Waals surface area contributed by atoms with Crippen LogP contribution in [0.15, 0.2) is 36.4 Å². The van der Waals surface area contributed by atoms with Gasteiger partial charge in [-0.3, -0.25) is 4.79 Å². The van der Waals surface area contributed by atoms with Crippen molar-refractivity contribution in [3.63, 3.8) is 0 Å². The van der Waals surface area contributed by atoms with E-state index in [4.69, 9.17) is 34.8 Å². The Balaban J connectivity index is 1.40. The molecule has 4 rings (SSSR count). The number of β-amino-alcohol motifs (C(OH)–C–C–N with tert-alkyl or cyclic N) is 1. The van der Waals surface area contributed by atoms with Crippen LogP contribution in [-0.2, 0) is 4.79 Å². The van der Waals surface area contributed by atoms with Crippen molar-refractivity contribution >= 4 is 52.1 Å². The molecule has 32 heavy (non-hydrogen) atoms. The number of hydrogen-bond donors (Lipinski definition) is 2. The Morgan fingerprint density at radius 2 is 1.78 bits per heavy atom. The number of rotatable bonds is 5. The maximum absolute atomic E-state index is 12.7. The second kappa shape index (κ2) is 10.1. The number of anilines is 2. The molecule has 2 fully saturated rings. The molecule has 2 aliphatic heterocycles. The summed E-state index contributed by atoms with van der Waals surface area (Å²) in [6, 6.07) is 11.4. The number of nitrogens with one attached hydrogen (secondary N) is 1. The molecule has 2 aromatic rings. The summed E-state index contributed by atoms with van der Waals surface area (Å²) in [7, 11) is 0. The Labute approximate surface area is 204 Å². The standard InChI is InChI=1S/C24H28Cl3N3O2/c1-15(20-4-2-17(25)12-22(20)27)28-23-13-18(3-5-21(23)26)29-9-6-16(7-10-29)24(32)30-11-8-19(31)14-30/h2-5,12-13,15-16,19,28,31H,6-11,14H2,1H3. The summed E-state index contributed by atoms with van der Waals surface area (Å²) in [5.74, 6) is 0.224. The highest BCUT2D eigenvalue weighted by Gasteiger charge is 2.32. The van der Waals surface area contributed by atoms with E-state index in [-0.39, 0.29) is 24.0 Å². The average molecular weight is 497 g/mol. The van der Waals surface area contributed by atoms with Gasteiger partial charge < -0.3 is 20.2 Å². The normalized spacial score (nSPS) is 20.5. The molecule has 2 aliphatic rings. The lowest BCUT2D eigenvalue weighted by Crippen LogP contribution is -2.42. The highest BCUT2D eigenvalue weighted by atomic mass is 35.5. The maximum atomic E-state index is 12.7. The van der Waals surface area contributed by atoms with E-state index < -0.39 is 0 Å². The van der Waals surface area contributed by atoms with Gasteiger partial charge in [0.1, 0.15) is 0 Å². The zero-order valence-electron chi connectivity index (χ0n) is 18.0. The van der Waals surface area contributed by atoms with Gasteiger partial charge in [0.15, 0.2) is 0 Å². The third-order valence-electron chi connectivity index (χ3n) is 6.44. The lowest BCUT2D eigenvalue weighted by molar-refractivity contribution is -0.135. The number of hydrogen-bond acceptors (Lipinski definition) is 4.